The number of fused-ring (bicyclic) bond motifs is 1. The molecule has 0 spiro atoms. The number of carbonyl (C=O) groups is 2. The van der Waals surface area contributed by atoms with Crippen molar-refractivity contribution in [2.75, 3.05) is 4.90 Å². The van der Waals surface area contributed by atoms with E-state index < -0.39 is 5.25 Å². The molecule has 6 rings (SSSR count). The van der Waals surface area contributed by atoms with Gasteiger partial charge in [-0.05, 0) is 40.6 Å². The average Bonchev–Trinajstić information content (AvgIpc) is 3.64. The van der Waals surface area contributed by atoms with Gasteiger partial charge in [-0.2, -0.15) is 5.10 Å². The van der Waals surface area contributed by atoms with Crippen molar-refractivity contribution in [3.05, 3.63) is 99.2 Å². The molecule has 9 heteroatoms. The summed E-state index contributed by atoms with van der Waals surface area (Å²) < 4.78 is 0.980. The van der Waals surface area contributed by atoms with E-state index in [-0.39, 0.29) is 29.4 Å². The third-order valence-electron chi connectivity index (χ3n) is 6.55. The van der Waals surface area contributed by atoms with Crippen molar-refractivity contribution in [1.29, 1.82) is 5.41 Å². The number of amides is 2. The number of rotatable bonds is 4. The van der Waals surface area contributed by atoms with E-state index in [9.17, 15) is 9.59 Å². The molecule has 1 fully saturated rings. The Kier molecular flexibility index (Phi) is 6.44. The Morgan fingerprint density at radius 3 is 2.54 bits per heavy atom. The molecule has 0 aliphatic carbocycles. The molecule has 2 aliphatic heterocycles. The van der Waals surface area contributed by atoms with Gasteiger partial charge in [-0.25, -0.2) is 9.91 Å². The van der Waals surface area contributed by atoms with Crippen molar-refractivity contribution >= 4 is 78.2 Å². The first-order valence-electron chi connectivity index (χ1n) is 11.8. The lowest BCUT2D eigenvalue weighted by Crippen LogP contribution is -2.32. The van der Waals surface area contributed by atoms with E-state index in [0.717, 1.165) is 43.2 Å². The predicted octanol–water partition coefficient (Wildman–Crippen LogP) is 6.81. The minimum Gasteiger partial charge on any atom is -0.277 e. The van der Waals surface area contributed by atoms with E-state index in [1.54, 1.807) is 22.4 Å². The lowest BCUT2D eigenvalue weighted by molar-refractivity contribution is -0.121. The van der Waals surface area contributed by atoms with E-state index in [1.165, 1.54) is 4.90 Å². The number of hydrazone groups is 1. The molecular formula is C28H21BrN4O2S2. The van der Waals surface area contributed by atoms with Crippen LogP contribution in [0.5, 0.6) is 0 Å². The SMILES string of the molecule is N=C(S[C@H]1CC(=O)N(c2cccc3ccccc23)C1=O)N1N=C(c2cccs2)C[C@@H]1c1ccc(Br)cc1. The number of anilines is 1. The monoisotopic (exact) mass is 588 g/mol. The lowest BCUT2D eigenvalue weighted by atomic mass is 10.0. The zero-order chi connectivity index (χ0) is 25.5. The fourth-order valence-corrected chi connectivity index (χ4v) is 6.74. The van der Waals surface area contributed by atoms with Gasteiger partial charge in [0.25, 0.3) is 0 Å². The van der Waals surface area contributed by atoms with Crippen LogP contribution in [0, 0.1) is 5.41 Å². The fourth-order valence-electron chi connectivity index (χ4n) is 4.78. The Morgan fingerprint density at radius 2 is 1.76 bits per heavy atom. The molecule has 37 heavy (non-hydrogen) atoms. The molecule has 2 amide bonds. The molecule has 3 aromatic carbocycles. The molecule has 4 aromatic rings. The van der Waals surface area contributed by atoms with Crippen LogP contribution in [0.1, 0.15) is 29.3 Å². The number of hydrogen-bond donors (Lipinski definition) is 1. The number of thiophene rings is 1. The van der Waals surface area contributed by atoms with Crippen LogP contribution in [0.25, 0.3) is 10.8 Å². The summed E-state index contributed by atoms with van der Waals surface area (Å²) in [5.74, 6) is -0.543. The number of nitrogens with one attached hydrogen (secondary N) is 1. The molecule has 2 aliphatic rings. The topological polar surface area (TPSA) is 76.8 Å². The van der Waals surface area contributed by atoms with Gasteiger partial charge in [0, 0.05) is 22.7 Å². The van der Waals surface area contributed by atoms with Gasteiger partial charge in [0.05, 0.1) is 22.3 Å². The number of benzene rings is 3. The Morgan fingerprint density at radius 1 is 0.973 bits per heavy atom. The highest BCUT2D eigenvalue weighted by molar-refractivity contribution is 9.10. The van der Waals surface area contributed by atoms with Gasteiger partial charge in [-0.1, -0.05) is 82.3 Å². The molecule has 1 aromatic heterocycles. The third kappa shape index (κ3) is 4.52. The molecular weight excluding hydrogens is 568 g/mol. The van der Waals surface area contributed by atoms with Crippen molar-refractivity contribution < 1.29 is 9.59 Å². The zero-order valence-electron chi connectivity index (χ0n) is 19.5. The number of carbonyl (C=O) groups excluding carboxylic acids is 2. The average molecular weight is 590 g/mol. The first-order chi connectivity index (χ1) is 18.0. The second kappa shape index (κ2) is 9.89. The molecule has 1 N–H and O–H groups in total. The van der Waals surface area contributed by atoms with Crippen molar-refractivity contribution in [3.63, 3.8) is 0 Å². The number of nitrogens with zero attached hydrogens (tertiary/aromatic N) is 3. The van der Waals surface area contributed by atoms with E-state index in [2.05, 4.69) is 15.9 Å². The van der Waals surface area contributed by atoms with Crippen LogP contribution in [0.3, 0.4) is 0 Å². The summed E-state index contributed by atoms with van der Waals surface area (Å²) in [7, 11) is 0. The highest BCUT2D eigenvalue weighted by Crippen LogP contribution is 2.39. The number of amidine groups is 1. The van der Waals surface area contributed by atoms with Gasteiger partial charge in [0.2, 0.25) is 11.8 Å². The highest BCUT2D eigenvalue weighted by Gasteiger charge is 2.43. The van der Waals surface area contributed by atoms with Gasteiger partial charge < -0.3 is 0 Å². The molecule has 0 radical (unpaired) electrons. The minimum absolute atomic E-state index is 0.0490. The number of imide groups is 1. The maximum atomic E-state index is 13.5. The second-order valence-corrected chi connectivity index (χ2v) is 11.9. The van der Waals surface area contributed by atoms with E-state index in [0.29, 0.717) is 12.1 Å². The number of halogens is 1. The molecule has 6 nitrogen and oxygen atoms in total. The van der Waals surface area contributed by atoms with Crippen molar-refractivity contribution in [2.45, 2.75) is 24.1 Å². The third-order valence-corrected chi connectivity index (χ3v) is 9.06. The molecule has 1 saturated heterocycles. The van der Waals surface area contributed by atoms with Crippen molar-refractivity contribution in [2.24, 2.45) is 5.10 Å². The Hall–Kier alpha value is -3.27. The Labute approximate surface area is 230 Å². The van der Waals surface area contributed by atoms with E-state index >= 15 is 0 Å². The van der Waals surface area contributed by atoms with Crippen LogP contribution >= 0.6 is 39.0 Å². The maximum absolute atomic E-state index is 13.5. The summed E-state index contributed by atoms with van der Waals surface area (Å²) >= 11 is 6.21. The predicted molar refractivity (Wildman–Crippen MR) is 154 cm³/mol. The fraction of sp³-hybridized carbons (Fsp3) is 0.143. The van der Waals surface area contributed by atoms with Crippen LogP contribution < -0.4 is 4.90 Å². The highest BCUT2D eigenvalue weighted by atomic mass is 79.9. The molecule has 3 heterocycles. The number of hydrogen-bond acceptors (Lipinski definition) is 6. The van der Waals surface area contributed by atoms with Crippen LogP contribution in [-0.2, 0) is 9.59 Å². The minimum atomic E-state index is -0.675. The van der Waals surface area contributed by atoms with Gasteiger partial charge in [0.1, 0.15) is 5.25 Å². The molecule has 0 saturated carbocycles. The smallest absolute Gasteiger partial charge is 0.247 e. The van der Waals surface area contributed by atoms with Crippen LogP contribution in [0.15, 0.2) is 93.8 Å². The maximum Gasteiger partial charge on any atom is 0.247 e. The summed E-state index contributed by atoms with van der Waals surface area (Å²) in [5.41, 5.74) is 2.55. The van der Waals surface area contributed by atoms with Gasteiger partial charge in [-0.3, -0.25) is 15.0 Å². The van der Waals surface area contributed by atoms with Crippen LogP contribution in [0.2, 0.25) is 0 Å². The molecule has 0 unspecified atom stereocenters. The standard InChI is InChI=1S/C28H21BrN4O2S2/c29-19-12-10-18(11-13-19)23-15-21(24-9-4-14-36-24)31-33(23)28(30)37-25-16-26(34)32(27(25)35)22-8-3-6-17-5-1-2-7-20(17)22/h1-14,23,25,30H,15-16H2/t23-,25+/m1/s1. The normalized spacial score (nSPS) is 19.6. The Balaban J connectivity index is 1.27. The molecule has 0 bridgehead atoms. The molecule has 184 valence electrons. The largest absolute Gasteiger partial charge is 0.277 e. The van der Waals surface area contributed by atoms with Crippen molar-refractivity contribution in [1.82, 2.24) is 5.01 Å². The van der Waals surface area contributed by atoms with Gasteiger partial charge >= 0.3 is 0 Å². The zero-order valence-corrected chi connectivity index (χ0v) is 22.7. The quantitative estimate of drug-likeness (QED) is 0.161. The number of thioether (sulfide) groups is 1. The summed E-state index contributed by atoms with van der Waals surface area (Å²) in [6, 6.07) is 25.2. The van der Waals surface area contributed by atoms with E-state index in [4.69, 9.17) is 10.5 Å². The first kappa shape index (κ1) is 24.1. The Bertz CT molecular complexity index is 1550. The first-order valence-corrected chi connectivity index (χ1v) is 14.3. The van der Waals surface area contributed by atoms with Crippen molar-refractivity contribution in [3.8, 4) is 0 Å². The van der Waals surface area contributed by atoms with Crippen LogP contribution in [-0.4, -0.2) is 33.0 Å². The summed E-state index contributed by atoms with van der Waals surface area (Å²) in [5, 5.41) is 18.8. The van der Waals surface area contributed by atoms with Gasteiger partial charge in [0.15, 0.2) is 5.17 Å². The summed E-state index contributed by atoms with van der Waals surface area (Å²) in [6.45, 7) is 0. The summed E-state index contributed by atoms with van der Waals surface area (Å²) in [4.78, 5) is 28.9. The van der Waals surface area contributed by atoms with E-state index in [1.807, 2.05) is 78.2 Å². The van der Waals surface area contributed by atoms with Gasteiger partial charge in [-0.15, -0.1) is 11.3 Å². The molecule has 2 atom stereocenters. The van der Waals surface area contributed by atoms with Crippen LogP contribution in [0.4, 0.5) is 5.69 Å². The summed E-state index contributed by atoms with van der Waals surface area (Å²) in [6.07, 6.45) is 0.706. The second-order valence-electron chi connectivity index (χ2n) is 8.82. The lowest BCUT2D eigenvalue weighted by Gasteiger charge is -2.25.